The first-order chi connectivity index (χ1) is 12.3. The van der Waals surface area contributed by atoms with Crippen LogP contribution in [0, 0.1) is 5.82 Å². The van der Waals surface area contributed by atoms with E-state index in [-0.39, 0.29) is 19.0 Å². The van der Waals surface area contributed by atoms with Crippen molar-refractivity contribution in [2.45, 2.75) is 19.4 Å². The van der Waals surface area contributed by atoms with E-state index in [1.54, 1.807) is 0 Å². The predicted octanol–water partition coefficient (Wildman–Crippen LogP) is 2.34. The monoisotopic (exact) mass is 378 g/mol. The van der Waals surface area contributed by atoms with Gasteiger partial charge in [0.2, 0.25) is 15.9 Å². The van der Waals surface area contributed by atoms with Crippen LogP contribution in [0.1, 0.15) is 17.5 Å². The number of carbonyl (C=O) groups excluding carboxylic acids is 1. The molecule has 7 heteroatoms. The van der Waals surface area contributed by atoms with Gasteiger partial charge in [-0.25, -0.2) is 12.8 Å². The Hall–Kier alpha value is -2.25. The first-order valence-electron chi connectivity index (χ1n) is 8.35. The number of nitrogens with one attached hydrogen (secondary N) is 1. The maximum Gasteiger partial charge on any atom is 0.235 e. The summed E-state index contributed by atoms with van der Waals surface area (Å²) in [6.07, 6.45) is 2.66. The quantitative estimate of drug-likeness (QED) is 0.681. The zero-order chi connectivity index (χ0) is 19.0. The van der Waals surface area contributed by atoms with Crippen molar-refractivity contribution >= 4 is 15.9 Å². The van der Waals surface area contributed by atoms with Crippen LogP contribution in [0.3, 0.4) is 0 Å². The third-order valence-electron chi connectivity index (χ3n) is 3.87. The van der Waals surface area contributed by atoms with Crippen LogP contribution in [0.4, 0.5) is 4.39 Å². The van der Waals surface area contributed by atoms with Gasteiger partial charge in [-0.05, 0) is 36.1 Å². The van der Waals surface area contributed by atoms with E-state index in [4.69, 9.17) is 0 Å². The summed E-state index contributed by atoms with van der Waals surface area (Å²) in [5.41, 5.74) is 1.81. The smallest absolute Gasteiger partial charge is 0.235 e. The van der Waals surface area contributed by atoms with Crippen molar-refractivity contribution in [3.63, 3.8) is 0 Å². The molecule has 0 spiro atoms. The summed E-state index contributed by atoms with van der Waals surface area (Å²) in [7, 11) is -3.56. The van der Waals surface area contributed by atoms with Gasteiger partial charge in [0.15, 0.2) is 0 Å². The Morgan fingerprint density at radius 3 is 2.31 bits per heavy atom. The molecular weight excluding hydrogens is 355 g/mol. The van der Waals surface area contributed by atoms with Crippen molar-refractivity contribution in [3.8, 4) is 0 Å². The Labute approximate surface area is 153 Å². The number of amides is 1. The zero-order valence-electron chi connectivity index (χ0n) is 14.7. The Bertz CT molecular complexity index is 808. The molecule has 0 heterocycles. The third-order valence-corrected chi connectivity index (χ3v) is 5.06. The van der Waals surface area contributed by atoms with E-state index in [0.717, 1.165) is 23.4 Å². The van der Waals surface area contributed by atoms with E-state index < -0.39 is 15.8 Å². The molecule has 0 bridgehead atoms. The maximum absolute atomic E-state index is 13.0. The third kappa shape index (κ3) is 6.93. The molecule has 0 aliphatic rings. The van der Waals surface area contributed by atoms with Gasteiger partial charge in [0.1, 0.15) is 5.82 Å². The number of nitrogens with zero attached hydrogens (tertiary/aromatic N) is 1. The molecule has 0 saturated heterocycles. The molecule has 2 rings (SSSR count). The molecule has 0 unspecified atom stereocenters. The highest BCUT2D eigenvalue weighted by molar-refractivity contribution is 7.88. The number of sulfonamides is 1. The fraction of sp³-hybridized carbons (Fsp3) is 0.316. The molecular formula is C19H23FN2O3S. The summed E-state index contributed by atoms with van der Waals surface area (Å²) in [5.74, 6) is -0.749. The van der Waals surface area contributed by atoms with E-state index in [0.29, 0.717) is 12.1 Å². The summed E-state index contributed by atoms with van der Waals surface area (Å²) >= 11 is 0. The second-order valence-corrected chi connectivity index (χ2v) is 8.08. The first-order valence-corrected chi connectivity index (χ1v) is 10.2. The lowest BCUT2D eigenvalue weighted by molar-refractivity contribution is -0.121. The fourth-order valence-electron chi connectivity index (χ4n) is 2.46. The lowest BCUT2D eigenvalue weighted by atomic mass is 10.1. The first kappa shape index (κ1) is 20.1. The summed E-state index contributed by atoms with van der Waals surface area (Å²) in [6.45, 7) is 0.236. The van der Waals surface area contributed by atoms with Crippen molar-refractivity contribution in [1.29, 1.82) is 0 Å². The van der Waals surface area contributed by atoms with E-state index in [1.807, 2.05) is 30.3 Å². The summed E-state index contributed by atoms with van der Waals surface area (Å²) in [4.78, 5) is 12.1. The van der Waals surface area contributed by atoms with Gasteiger partial charge in [0.05, 0.1) is 12.8 Å². The minimum absolute atomic E-state index is 0.0244. The van der Waals surface area contributed by atoms with Crippen molar-refractivity contribution in [1.82, 2.24) is 9.62 Å². The van der Waals surface area contributed by atoms with Gasteiger partial charge < -0.3 is 5.32 Å². The molecule has 5 nitrogen and oxygen atoms in total. The molecule has 2 aromatic rings. The summed E-state index contributed by atoms with van der Waals surface area (Å²) in [5, 5.41) is 2.75. The van der Waals surface area contributed by atoms with Crippen LogP contribution in [0.15, 0.2) is 54.6 Å². The Morgan fingerprint density at radius 1 is 1.04 bits per heavy atom. The van der Waals surface area contributed by atoms with Gasteiger partial charge in [-0.3, -0.25) is 4.79 Å². The number of benzene rings is 2. The van der Waals surface area contributed by atoms with Crippen molar-refractivity contribution in [3.05, 3.63) is 71.5 Å². The molecule has 0 atom stereocenters. The van der Waals surface area contributed by atoms with E-state index in [1.165, 1.54) is 29.8 Å². The Balaban J connectivity index is 1.83. The van der Waals surface area contributed by atoms with Gasteiger partial charge in [-0.1, -0.05) is 42.5 Å². The van der Waals surface area contributed by atoms with Crippen molar-refractivity contribution < 1.29 is 17.6 Å². The highest BCUT2D eigenvalue weighted by atomic mass is 32.2. The molecule has 0 fully saturated rings. The molecule has 0 aliphatic heterocycles. The number of hydrogen-bond acceptors (Lipinski definition) is 3. The molecule has 1 N–H and O–H groups in total. The molecule has 26 heavy (non-hydrogen) atoms. The highest BCUT2D eigenvalue weighted by Crippen LogP contribution is 2.09. The average molecular weight is 378 g/mol. The van der Waals surface area contributed by atoms with Crippen molar-refractivity contribution in [2.24, 2.45) is 0 Å². The average Bonchev–Trinajstić information content (AvgIpc) is 2.60. The van der Waals surface area contributed by atoms with Gasteiger partial charge in [0, 0.05) is 13.1 Å². The lowest BCUT2D eigenvalue weighted by Crippen LogP contribution is -2.40. The number of halogens is 1. The Morgan fingerprint density at radius 2 is 1.69 bits per heavy atom. The van der Waals surface area contributed by atoms with Gasteiger partial charge in [-0.15, -0.1) is 0 Å². The maximum atomic E-state index is 13.0. The molecule has 0 saturated carbocycles. The molecule has 140 valence electrons. The van der Waals surface area contributed by atoms with Crippen LogP contribution in [0.2, 0.25) is 0 Å². The zero-order valence-corrected chi connectivity index (χ0v) is 15.5. The highest BCUT2D eigenvalue weighted by Gasteiger charge is 2.20. The largest absolute Gasteiger partial charge is 0.355 e. The van der Waals surface area contributed by atoms with E-state index in [2.05, 4.69) is 5.32 Å². The van der Waals surface area contributed by atoms with Crippen LogP contribution in [0.25, 0.3) is 0 Å². The van der Waals surface area contributed by atoms with Crippen LogP contribution in [-0.2, 0) is 27.8 Å². The Kier molecular flexibility index (Phi) is 7.29. The molecule has 0 aliphatic carbocycles. The normalized spacial score (nSPS) is 11.5. The predicted molar refractivity (Wildman–Crippen MR) is 99.4 cm³/mol. The van der Waals surface area contributed by atoms with Crippen LogP contribution in [0.5, 0.6) is 0 Å². The second kappa shape index (κ2) is 9.45. The lowest BCUT2D eigenvalue weighted by Gasteiger charge is -2.19. The second-order valence-electron chi connectivity index (χ2n) is 6.10. The minimum Gasteiger partial charge on any atom is -0.355 e. The fourth-order valence-corrected chi connectivity index (χ4v) is 3.20. The number of aryl methyl sites for hydroxylation is 1. The number of hydrogen-bond donors (Lipinski definition) is 1. The summed E-state index contributed by atoms with van der Waals surface area (Å²) in [6, 6.07) is 15.5. The molecule has 0 radical (unpaired) electrons. The molecule has 0 aromatic heterocycles. The van der Waals surface area contributed by atoms with Crippen LogP contribution in [-0.4, -0.2) is 38.0 Å². The van der Waals surface area contributed by atoms with Crippen LogP contribution >= 0.6 is 0 Å². The van der Waals surface area contributed by atoms with Crippen molar-refractivity contribution in [2.75, 3.05) is 19.3 Å². The van der Waals surface area contributed by atoms with Gasteiger partial charge in [-0.2, -0.15) is 4.31 Å². The number of carbonyl (C=O) groups is 1. The topological polar surface area (TPSA) is 66.5 Å². The van der Waals surface area contributed by atoms with E-state index in [9.17, 15) is 17.6 Å². The van der Waals surface area contributed by atoms with Gasteiger partial charge in [0.25, 0.3) is 0 Å². The van der Waals surface area contributed by atoms with E-state index >= 15 is 0 Å². The standard InChI is InChI=1S/C19H23FN2O3S/c1-26(24,25)22(14-17-9-11-18(20)12-10-17)15-19(23)21-13-5-8-16-6-3-2-4-7-16/h2-4,6-7,9-12H,5,8,13-15H2,1H3,(H,21,23). The minimum atomic E-state index is -3.56. The van der Waals surface area contributed by atoms with Gasteiger partial charge >= 0.3 is 0 Å². The SMILES string of the molecule is CS(=O)(=O)N(CC(=O)NCCCc1ccccc1)Cc1ccc(F)cc1. The number of rotatable bonds is 9. The van der Waals surface area contributed by atoms with Crippen LogP contribution < -0.4 is 5.32 Å². The molecule has 1 amide bonds. The molecule has 2 aromatic carbocycles. The summed E-state index contributed by atoms with van der Waals surface area (Å²) < 4.78 is 37.9.